The average Bonchev–Trinajstić information content (AvgIpc) is 2.48. The largest absolute Gasteiger partial charge is 0.439 e. The molecule has 3 nitrogen and oxygen atoms in total. The topological polar surface area (TPSA) is 34.1 Å². The minimum Gasteiger partial charge on any atom is -0.439 e. The van der Waals surface area contributed by atoms with Crippen molar-refractivity contribution in [2.24, 2.45) is 0 Å². The number of nitrogens with one attached hydrogen (secondary N) is 1. The Kier molecular flexibility index (Phi) is 5.91. The number of aromatic nitrogens is 1. The van der Waals surface area contributed by atoms with Crippen LogP contribution in [0.2, 0.25) is 5.02 Å². The molecule has 0 saturated heterocycles. The molecule has 0 unspecified atom stereocenters. The van der Waals surface area contributed by atoms with Gasteiger partial charge in [-0.25, -0.2) is 4.98 Å². The van der Waals surface area contributed by atoms with E-state index >= 15 is 0 Å². The molecule has 0 radical (unpaired) electrons. The minimum absolute atomic E-state index is 0.401. The van der Waals surface area contributed by atoms with Crippen LogP contribution in [0.15, 0.2) is 41.4 Å². The molecule has 21 heavy (non-hydrogen) atoms. The normalized spacial score (nSPS) is 10.9. The van der Waals surface area contributed by atoms with Gasteiger partial charge in [0.1, 0.15) is 5.75 Å². The van der Waals surface area contributed by atoms with Gasteiger partial charge in [-0.05, 0) is 36.1 Å². The minimum atomic E-state index is 0.401. The number of halogens is 1. The Hall–Kier alpha value is -1.23. The van der Waals surface area contributed by atoms with Crippen LogP contribution in [0.1, 0.15) is 19.4 Å². The van der Waals surface area contributed by atoms with Crippen LogP contribution in [0.5, 0.6) is 11.6 Å². The molecule has 1 N–H and O–H groups in total. The SMILES string of the molecule is CSc1ccc(Oc2cc(CNC(C)C)c(Cl)cn2)cc1. The first-order valence-corrected chi connectivity index (χ1v) is 8.38. The Bertz CT molecular complexity index is 587. The standard InChI is InChI=1S/C16H19ClN2OS/c1-11(2)18-9-12-8-16(19-10-15(12)17)20-13-4-6-14(21-3)7-5-13/h4-8,10-11,18H,9H2,1-3H3. The quantitative estimate of drug-likeness (QED) is 0.778. The van der Waals surface area contributed by atoms with Crippen molar-refractivity contribution in [2.75, 3.05) is 6.26 Å². The van der Waals surface area contributed by atoms with Crippen molar-refractivity contribution in [3.05, 3.63) is 47.1 Å². The zero-order valence-electron chi connectivity index (χ0n) is 12.4. The third-order valence-corrected chi connectivity index (χ3v) is 3.98. The van der Waals surface area contributed by atoms with Gasteiger partial charge in [-0.3, -0.25) is 0 Å². The van der Waals surface area contributed by atoms with Crippen LogP contribution in [-0.4, -0.2) is 17.3 Å². The van der Waals surface area contributed by atoms with Gasteiger partial charge in [0, 0.05) is 29.7 Å². The summed E-state index contributed by atoms with van der Waals surface area (Å²) >= 11 is 7.86. The van der Waals surface area contributed by atoms with E-state index in [1.807, 2.05) is 36.6 Å². The fourth-order valence-electron chi connectivity index (χ4n) is 1.73. The molecule has 0 spiro atoms. The van der Waals surface area contributed by atoms with Crippen molar-refractivity contribution in [1.29, 1.82) is 0 Å². The molecule has 2 aromatic rings. The average molecular weight is 323 g/mol. The molecule has 1 heterocycles. The lowest BCUT2D eigenvalue weighted by atomic mass is 10.2. The molecular weight excluding hydrogens is 304 g/mol. The van der Waals surface area contributed by atoms with Gasteiger partial charge in [0.05, 0.1) is 5.02 Å². The molecular formula is C16H19ClN2OS. The van der Waals surface area contributed by atoms with E-state index in [-0.39, 0.29) is 0 Å². The predicted octanol–water partition coefficient (Wildman–Crippen LogP) is 4.75. The maximum Gasteiger partial charge on any atom is 0.219 e. The molecule has 112 valence electrons. The van der Waals surface area contributed by atoms with E-state index in [9.17, 15) is 0 Å². The van der Waals surface area contributed by atoms with Gasteiger partial charge < -0.3 is 10.1 Å². The number of hydrogen-bond acceptors (Lipinski definition) is 4. The van der Waals surface area contributed by atoms with Crippen LogP contribution in [0, 0.1) is 0 Å². The number of benzene rings is 1. The highest BCUT2D eigenvalue weighted by Crippen LogP contribution is 2.25. The molecule has 0 bridgehead atoms. The summed E-state index contributed by atoms with van der Waals surface area (Å²) < 4.78 is 5.77. The number of pyridine rings is 1. The molecule has 0 fully saturated rings. The summed E-state index contributed by atoms with van der Waals surface area (Å²) in [5.74, 6) is 1.32. The molecule has 1 aromatic carbocycles. The Morgan fingerprint density at radius 3 is 2.62 bits per heavy atom. The van der Waals surface area contributed by atoms with Crippen LogP contribution in [0.3, 0.4) is 0 Å². The fourth-order valence-corrected chi connectivity index (χ4v) is 2.31. The monoisotopic (exact) mass is 322 g/mol. The second-order valence-electron chi connectivity index (χ2n) is 4.93. The van der Waals surface area contributed by atoms with E-state index in [4.69, 9.17) is 16.3 Å². The molecule has 0 aliphatic rings. The van der Waals surface area contributed by atoms with E-state index in [1.165, 1.54) is 4.90 Å². The van der Waals surface area contributed by atoms with Crippen LogP contribution in [-0.2, 0) is 6.54 Å². The highest BCUT2D eigenvalue weighted by Gasteiger charge is 2.06. The van der Waals surface area contributed by atoms with Gasteiger partial charge in [0.25, 0.3) is 0 Å². The van der Waals surface area contributed by atoms with Crippen LogP contribution >= 0.6 is 23.4 Å². The smallest absolute Gasteiger partial charge is 0.219 e. The first-order chi connectivity index (χ1) is 10.1. The van der Waals surface area contributed by atoms with Gasteiger partial charge in [-0.2, -0.15) is 0 Å². The van der Waals surface area contributed by atoms with Crippen molar-refractivity contribution >= 4 is 23.4 Å². The third-order valence-electron chi connectivity index (χ3n) is 2.89. The molecule has 0 amide bonds. The van der Waals surface area contributed by atoms with Crippen LogP contribution in [0.4, 0.5) is 0 Å². The number of nitrogens with zero attached hydrogens (tertiary/aromatic N) is 1. The molecule has 0 aliphatic carbocycles. The highest BCUT2D eigenvalue weighted by atomic mass is 35.5. The Labute approximate surface area is 135 Å². The van der Waals surface area contributed by atoms with Gasteiger partial charge in [-0.1, -0.05) is 25.4 Å². The summed E-state index contributed by atoms with van der Waals surface area (Å²) in [5.41, 5.74) is 0.983. The number of thioether (sulfide) groups is 1. The maximum absolute atomic E-state index is 6.16. The van der Waals surface area contributed by atoms with E-state index < -0.39 is 0 Å². The first-order valence-electron chi connectivity index (χ1n) is 6.78. The highest BCUT2D eigenvalue weighted by molar-refractivity contribution is 7.98. The second-order valence-corrected chi connectivity index (χ2v) is 6.21. The maximum atomic E-state index is 6.16. The predicted molar refractivity (Wildman–Crippen MR) is 89.5 cm³/mol. The Balaban J connectivity index is 2.10. The molecule has 0 atom stereocenters. The molecule has 1 aromatic heterocycles. The first kappa shape index (κ1) is 16.1. The lowest BCUT2D eigenvalue weighted by Gasteiger charge is -2.11. The van der Waals surface area contributed by atoms with Gasteiger partial charge in [0.15, 0.2) is 0 Å². The fraction of sp³-hybridized carbons (Fsp3) is 0.312. The summed E-state index contributed by atoms with van der Waals surface area (Å²) in [6.45, 7) is 4.89. The van der Waals surface area contributed by atoms with Crippen molar-refractivity contribution in [3.63, 3.8) is 0 Å². The molecule has 0 aliphatic heterocycles. The van der Waals surface area contributed by atoms with Gasteiger partial charge in [-0.15, -0.1) is 11.8 Å². The molecule has 0 saturated carbocycles. The summed E-state index contributed by atoms with van der Waals surface area (Å²) in [5, 5.41) is 3.98. The summed E-state index contributed by atoms with van der Waals surface area (Å²) in [7, 11) is 0. The zero-order chi connectivity index (χ0) is 15.2. The van der Waals surface area contributed by atoms with Crippen LogP contribution in [0.25, 0.3) is 0 Å². The van der Waals surface area contributed by atoms with Gasteiger partial charge >= 0.3 is 0 Å². The van der Waals surface area contributed by atoms with Gasteiger partial charge in [0.2, 0.25) is 5.88 Å². The number of hydrogen-bond donors (Lipinski definition) is 1. The number of ether oxygens (including phenoxy) is 1. The lowest BCUT2D eigenvalue weighted by molar-refractivity contribution is 0.461. The van der Waals surface area contributed by atoms with E-state index in [2.05, 4.69) is 24.1 Å². The lowest BCUT2D eigenvalue weighted by Crippen LogP contribution is -2.22. The van der Waals surface area contributed by atoms with Crippen molar-refractivity contribution in [1.82, 2.24) is 10.3 Å². The zero-order valence-corrected chi connectivity index (χ0v) is 14.0. The summed E-state index contributed by atoms with van der Waals surface area (Å²) in [4.78, 5) is 5.42. The summed E-state index contributed by atoms with van der Waals surface area (Å²) in [6, 6.07) is 10.2. The third kappa shape index (κ3) is 4.92. The van der Waals surface area contributed by atoms with E-state index in [0.29, 0.717) is 23.5 Å². The van der Waals surface area contributed by atoms with E-state index in [0.717, 1.165) is 11.3 Å². The Morgan fingerprint density at radius 1 is 1.29 bits per heavy atom. The Morgan fingerprint density at radius 2 is 2.00 bits per heavy atom. The molecule has 2 rings (SSSR count). The van der Waals surface area contributed by atoms with Crippen molar-refractivity contribution in [3.8, 4) is 11.6 Å². The molecule has 5 heteroatoms. The summed E-state index contributed by atoms with van der Waals surface area (Å²) in [6.07, 6.45) is 3.68. The van der Waals surface area contributed by atoms with E-state index in [1.54, 1.807) is 18.0 Å². The second kappa shape index (κ2) is 7.69. The number of rotatable bonds is 6. The van der Waals surface area contributed by atoms with Crippen molar-refractivity contribution in [2.45, 2.75) is 31.3 Å². The van der Waals surface area contributed by atoms with Crippen LogP contribution < -0.4 is 10.1 Å². The van der Waals surface area contributed by atoms with Crippen molar-refractivity contribution < 1.29 is 4.74 Å².